The Labute approximate surface area is 149 Å². The number of fused-ring (bicyclic) bond motifs is 2. The van der Waals surface area contributed by atoms with E-state index in [2.05, 4.69) is 5.32 Å². The Morgan fingerprint density at radius 3 is 2.68 bits per heavy atom. The second-order valence-electron chi connectivity index (χ2n) is 6.31. The first kappa shape index (κ1) is 17.9. The van der Waals surface area contributed by atoms with E-state index >= 15 is 0 Å². The largest absolute Gasteiger partial charge is 0.385 e. The van der Waals surface area contributed by atoms with Crippen LogP contribution in [0.1, 0.15) is 29.2 Å². The van der Waals surface area contributed by atoms with E-state index < -0.39 is 10.0 Å². The summed E-state index contributed by atoms with van der Waals surface area (Å²) in [6.45, 7) is 3.32. The number of rotatable bonds is 5. The normalized spacial score (nSPS) is 18.4. The summed E-state index contributed by atoms with van der Waals surface area (Å²) in [4.78, 5) is 0.371. The number of anilines is 1. The lowest BCUT2D eigenvalue weighted by molar-refractivity contribution is 0.193. The topological polar surface area (TPSA) is 58.6 Å². The summed E-state index contributed by atoms with van der Waals surface area (Å²) < 4.78 is 32.8. The van der Waals surface area contributed by atoms with E-state index in [1.54, 1.807) is 20.2 Å². The van der Waals surface area contributed by atoms with Gasteiger partial charge in [0, 0.05) is 20.8 Å². The van der Waals surface area contributed by atoms with Crippen molar-refractivity contribution >= 4 is 15.7 Å². The molecule has 1 unspecified atom stereocenters. The van der Waals surface area contributed by atoms with Crippen molar-refractivity contribution in [2.45, 2.75) is 24.3 Å². The van der Waals surface area contributed by atoms with E-state index in [0.29, 0.717) is 17.2 Å². The third kappa shape index (κ3) is 3.29. The molecule has 25 heavy (non-hydrogen) atoms. The molecule has 0 bridgehead atoms. The molecule has 1 aliphatic heterocycles. The van der Waals surface area contributed by atoms with Gasteiger partial charge in [-0.2, -0.15) is 0 Å². The highest BCUT2D eigenvalue weighted by atomic mass is 32.2. The van der Waals surface area contributed by atoms with Crippen LogP contribution in [0.2, 0.25) is 0 Å². The van der Waals surface area contributed by atoms with Crippen molar-refractivity contribution in [3.8, 4) is 0 Å². The van der Waals surface area contributed by atoms with Gasteiger partial charge in [-0.1, -0.05) is 30.3 Å². The van der Waals surface area contributed by atoms with Gasteiger partial charge in [-0.05, 0) is 48.7 Å². The predicted octanol–water partition coefficient (Wildman–Crippen LogP) is 2.85. The lowest BCUT2D eigenvalue weighted by Crippen LogP contribution is -2.26. The third-order valence-corrected chi connectivity index (χ3v) is 6.41. The van der Waals surface area contributed by atoms with Crippen molar-refractivity contribution in [1.29, 1.82) is 0 Å². The van der Waals surface area contributed by atoms with Gasteiger partial charge in [0.25, 0.3) is 10.0 Å². The van der Waals surface area contributed by atoms with Crippen molar-refractivity contribution in [2.24, 2.45) is 0 Å². The predicted molar refractivity (Wildman–Crippen MR) is 99.5 cm³/mol. The highest BCUT2D eigenvalue weighted by molar-refractivity contribution is 7.92. The molecule has 0 saturated carbocycles. The number of nitrogens with one attached hydrogen (secondary N) is 1. The average molecular weight is 360 g/mol. The van der Waals surface area contributed by atoms with Gasteiger partial charge in [-0.25, -0.2) is 8.42 Å². The van der Waals surface area contributed by atoms with Crippen molar-refractivity contribution in [1.82, 2.24) is 5.32 Å². The summed E-state index contributed by atoms with van der Waals surface area (Å²) >= 11 is 0. The second kappa shape index (κ2) is 7.15. The molecule has 5 nitrogen and oxygen atoms in total. The molecule has 0 amide bonds. The number of hydrogen-bond acceptors (Lipinski definition) is 4. The fourth-order valence-corrected chi connectivity index (χ4v) is 4.79. The number of methoxy groups -OCH3 is 1. The van der Waals surface area contributed by atoms with Crippen LogP contribution in [0.3, 0.4) is 0 Å². The summed E-state index contributed by atoms with van der Waals surface area (Å²) in [7, 11) is -0.293. The van der Waals surface area contributed by atoms with E-state index in [4.69, 9.17) is 4.74 Å². The van der Waals surface area contributed by atoms with Crippen LogP contribution >= 0.6 is 0 Å². The minimum Gasteiger partial charge on any atom is -0.385 e. The zero-order chi connectivity index (χ0) is 18.0. The molecule has 0 aromatic heterocycles. The Morgan fingerprint density at radius 1 is 1.16 bits per heavy atom. The maximum atomic E-state index is 13.1. The van der Waals surface area contributed by atoms with Crippen LogP contribution < -0.4 is 9.62 Å². The molecule has 0 fully saturated rings. The first-order valence-electron chi connectivity index (χ1n) is 8.37. The fourth-order valence-electron chi connectivity index (χ4n) is 3.25. The standard InChI is InChI=1S/C19H24N2O3S/c1-14-9-10-16-18(13-14)25(22,23)21(2)17-8-5-4-7-15(17)19(16)20-11-6-12-24-3/h4-5,7-10,13,19-20H,6,11-12H2,1-3H3. The Hall–Kier alpha value is -1.89. The first-order chi connectivity index (χ1) is 12.0. The maximum absolute atomic E-state index is 13.1. The monoisotopic (exact) mass is 360 g/mol. The number of aryl methyl sites for hydroxylation is 1. The molecule has 3 rings (SSSR count). The molecule has 0 saturated heterocycles. The second-order valence-corrected chi connectivity index (χ2v) is 8.24. The Balaban J connectivity index is 2.15. The van der Waals surface area contributed by atoms with Crippen molar-refractivity contribution in [3.05, 3.63) is 59.2 Å². The molecule has 0 spiro atoms. The molecule has 0 radical (unpaired) electrons. The Morgan fingerprint density at radius 2 is 1.92 bits per heavy atom. The minimum absolute atomic E-state index is 0.177. The van der Waals surface area contributed by atoms with Gasteiger partial charge >= 0.3 is 0 Å². The minimum atomic E-state index is -3.59. The van der Waals surface area contributed by atoms with Crippen LogP contribution in [0.5, 0.6) is 0 Å². The number of sulfonamides is 1. The van der Waals surface area contributed by atoms with Gasteiger partial charge in [0.05, 0.1) is 16.6 Å². The number of ether oxygens (including phenoxy) is 1. The molecule has 6 heteroatoms. The molecule has 1 N–H and O–H groups in total. The lowest BCUT2D eigenvalue weighted by atomic mass is 9.96. The summed E-state index contributed by atoms with van der Waals surface area (Å²) in [6, 6.07) is 13.1. The number of benzene rings is 2. The smallest absolute Gasteiger partial charge is 0.264 e. The number of hydrogen-bond donors (Lipinski definition) is 1. The number of para-hydroxylation sites is 1. The SMILES string of the molecule is COCCCNC1c2ccccc2N(C)S(=O)(=O)c2cc(C)ccc21. The molecule has 0 aliphatic carbocycles. The fraction of sp³-hybridized carbons (Fsp3) is 0.368. The van der Waals surface area contributed by atoms with Crippen molar-refractivity contribution < 1.29 is 13.2 Å². The highest BCUT2D eigenvalue weighted by Gasteiger charge is 2.34. The summed E-state index contributed by atoms with van der Waals surface area (Å²) in [5.74, 6) is 0. The average Bonchev–Trinajstić information content (AvgIpc) is 2.67. The van der Waals surface area contributed by atoms with Crippen LogP contribution in [0, 0.1) is 6.92 Å². The number of nitrogens with zero attached hydrogens (tertiary/aromatic N) is 1. The van der Waals surface area contributed by atoms with Crippen LogP contribution in [-0.2, 0) is 14.8 Å². The molecule has 2 aromatic carbocycles. The van der Waals surface area contributed by atoms with Gasteiger partial charge in [0.1, 0.15) is 0 Å². The quantitative estimate of drug-likeness (QED) is 0.833. The molecular weight excluding hydrogens is 336 g/mol. The molecule has 134 valence electrons. The van der Waals surface area contributed by atoms with E-state index in [9.17, 15) is 8.42 Å². The highest BCUT2D eigenvalue weighted by Crippen LogP contribution is 2.40. The van der Waals surface area contributed by atoms with E-state index in [1.165, 1.54) is 4.31 Å². The molecule has 1 aliphatic rings. The molecular formula is C19H24N2O3S. The van der Waals surface area contributed by atoms with Gasteiger partial charge in [0.2, 0.25) is 0 Å². The van der Waals surface area contributed by atoms with Crippen LogP contribution in [0.25, 0.3) is 0 Å². The van der Waals surface area contributed by atoms with Crippen LogP contribution in [-0.4, -0.2) is 35.7 Å². The van der Waals surface area contributed by atoms with Crippen LogP contribution in [0.4, 0.5) is 5.69 Å². The summed E-state index contributed by atoms with van der Waals surface area (Å²) in [5, 5.41) is 3.52. The van der Waals surface area contributed by atoms with Gasteiger partial charge in [-0.3, -0.25) is 4.31 Å². The van der Waals surface area contributed by atoms with E-state index in [0.717, 1.165) is 29.7 Å². The third-order valence-electron chi connectivity index (χ3n) is 4.58. The molecule has 1 heterocycles. The molecule has 2 aromatic rings. The summed E-state index contributed by atoms with van der Waals surface area (Å²) in [5.41, 5.74) is 3.40. The zero-order valence-electron chi connectivity index (χ0n) is 14.8. The molecule has 1 atom stereocenters. The first-order valence-corrected chi connectivity index (χ1v) is 9.81. The van der Waals surface area contributed by atoms with Gasteiger partial charge < -0.3 is 10.1 Å². The van der Waals surface area contributed by atoms with Gasteiger partial charge in [0.15, 0.2) is 0 Å². The van der Waals surface area contributed by atoms with E-state index in [1.807, 2.05) is 43.3 Å². The van der Waals surface area contributed by atoms with E-state index in [-0.39, 0.29) is 6.04 Å². The van der Waals surface area contributed by atoms with Crippen molar-refractivity contribution in [3.63, 3.8) is 0 Å². The summed E-state index contributed by atoms with van der Waals surface area (Å²) in [6.07, 6.45) is 0.860. The zero-order valence-corrected chi connectivity index (χ0v) is 15.6. The maximum Gasteiger partial charge on any atom is 0.264 e. The Bertz CT molecular complexity index is 865. The van der Waals surface area contributed by atoms with Crippen LogP contribution in [0.15, 0.2) is 47.4 Å². The Kier molecular flexibility index (Phi) is 5.13. The van der Waals surface area contributed by atoms with Gasteiger partial charge in [-0.15, -0.1) is 0 Å². The van der Waals surface area contributed by atoms with Crippen molar-refractivity contribution in [2.75, 3.05) is 31.6 Å². The lowest BCUT2D eigenvalue weighted by Gasteiger charge is -2.22.